The lowest BCUT2D eigenvalue weighted by Gasteiger charge is -2.39. The van der Waals surface area contributed by atoms with Gasteiger partial charge in [-0.1, -0.05) is 66.2 Å². The van der Waals surface area contributed by atoms with E-state index in [4.69, 9.17) is 16.3 Å². The first-order valence-electron chi connectivity index (χ1n) is 7.59. The fraction of sp³-hybridized carbons (Fsp3) is 0.211. The van der Waals surface area contributed by atoms with Crippen LogP contribution in [-0.2, 0) is 16.1 Å². The molecule has 1 atom stereocenters. The Hall–Kier alpha value is -2.10. The van der Waals surface area contributed by atoms with Gasteiger partial charge in [-0.2, -0.15) is 0 Å². The molecule has 3 nitrogen and oxygen atoms in total. The van der Waals surface area contributed by atoms with Crippen LogP contribution in [0.4, 0.5) is 0 Å². The van der Waals surface area contributed by atoms with Crippen LogP contribution in [0.2, 0.25) is 5.02 Å². The molecular weight excluding hydrogens is 310 g/mol. The van der Waals surface area contributed by atoms with Crippen molar-refractivity contribution in [3.8, 4) is 0 Å². The van der Waals surface area contributed by atoms with E-state index >= 15 is 0 Å². The third kappa shape index (κ3) is 4.21. The monoisotopic (exact) mass is 327 g/mol. The number of rotatable bonds is 6. The van der Waals surface area contributed by atoms with Gasteiger partial charge in [0.15, 0.2) is 0 Å². The molecule has 23 heavy (non-hydrogen) atoms. The molecule has 2 aromatic carbocycles. The van der Waals surface area contributed by atoms with Crippen LogP contribution in [0.25, 0.3) is 6.08 Å². The molecule has 1 unspecified atom stereocenters. The first kappa shape index (κ1) is 15.8. The predicted octanol–water partition coefficient (Wildman–Crippen LogP) is 4.13. The molecule has 0 aliphatic carbocycles. The highest BCUT2D eigenvalue weighted by Gasteiger charge is 2.36. The van der Waals surface area contributed by atoms with Crippen LogP contribution >= 0.6 is 11.6 Å². The van der Waals surface area contributed by atoms with Crippen LogP contribution in [0, 0.1) is 0 Å². The normalized spacial score (nSPS) is 17.5. The largest absolute Gasteiger partial charge is 0.354 e. The second-order valence-corrected chi connectivity index (χ2v) is 5.89. The molecule has 1 aliphatic rings. The molecule has 1 heterocycles. The van der Waals surface area contributed by atoms with Gasteiger partial charge in [0, 0.05) is 11.6 Å². The van der Waals surface area contributed by atoms with Gasteiger partial charge in [-0.25, -0.2) is 0 Å². The number of amides is 1. The lowest BCUT2D eigenvalue weighted by Crippen LogP contribution is -2.53. The van der Waals surface area contributed by atoms with Gasteiger partial charge in [0.2, 0.25) is 5.91 Å². The van der Waals surface area contributed by atoms with E-state index < -0.39 is 0 Å². The maximum Gasteiger partial charge on any atom is 0.229 e. The minimum atomic E-state index is -0.127. The van der Waals surface area contributed by atoms with E-state index in [1.54, 1.807) is 4.90 Å². The number of ether oxygens (including phenoxy) is 1. The average Bonchev–Trinajstić information content (AvgIpc) is 2.58. The molecule has 1 fully saturated rings. The third-order valence-corrected chi connectivity index (χ3v) is 4.03. The van der Waals surface area contributed by atoms with E-state index in [-0.39, 0.29) is 12.1 Å². The lowest BCUT2D eigenvalue weighted by molar-refractivity contribution is -0.173. The number of halogens is 1. The zero-order valence-corrected chi connectivity index (χ0v) is 13.4. The summed E-state index contributed by atoms with van der Waals surface area (Å²) in [6.45, 7) is 1.08. The smallest absolute Gasteiger partial charge is 0.229 e. The van der Waals surface area contributed by atoms with Crippen LogP contribution in [-0.4, -0.2) is 23.6 Å². The van der Waals surface area contributed by atoms with Crippen molar-refractivity contribution in [2.24, 2.45) is 0 Å². The number of β-lactam (4-membered cyclic amide) rings is 1. The van der Waals surface area contributed by atoms with E-state index in [2.05, 4.69) is 0 Å². The minimum Gasteiger partial charge on any atom is -0.354 e. The van der Waals surface area contributed by atoms with E-state index in [0.29, 0.717) is 19.6 Å². The summed E-state index contributed by atoms with van der Waals surface area (Å²) in [5.41, 5.74) is 2.19. The molecule has 118 valence electrons. The Labute approximate surface area is 141 Å². The molecule has 0 spiro atoms. The van der Waals surface area contributed by atoms with Crippen LogP contribution in [0.5, 0.6) is 0 Å². The van der Waals surface area contributed by atoms with Crippen LogP contribution in [0.1, 0.15) is 17.5 Å². The van der Waals surface area contributed by atoms with Crippen LogP contribution < -0.4 is 0 Å². The van der Waals surface area contributed by atoms with Gasteiger partial charge in [-0.3, -0.25) is 4.79 Å². The number of nitrogens with zero attached hydrogens (tertiary/aromatic N) is 1. The third-order valence-electron chi connectivity index (χ3n) is 3.78. The summed E-state index contributed by atoms with van der Waals surface area (Å²) >= 11 is 5.85. The minimum absolute atomic E-state index is 0.127. The van der Waals surface area contributed by atoms with Crippen molar-refractivity contribution in [2.75, 3.05) is 6.61 Å². The Morgan fingerprint density at radius 1 is 1.13 bits per heavy atom. The second-order valence-electron chi connectivity index (χ2n) is 5.45. The molecule has 0 saturated carbocycles. The van der Waals surface area contributed by atoms with Crippen molar-refractivity contribution in [3.63, 3.8) is 0 Å². The van der Waals surface area contributed by atoms with Gasteiger partial charge in [0.25, 0.3) is 0 Å². The molecule has 1 saturated heterocycles. The summed E-state index contributed by atoms with van der Waals surface area (Å²) < 4.78 is 5.77. The molecule has 2 aromatic rings. The first-order valence-corrected chi connectivity index (χ1v) is 7.97. The molecule has 0 aromatic heterocycles. The van der Waals surface area contributed by atoms with Crippen molar-refractivity contribution in [1.29, 1.82) is 0 Å². The first-order chi connectivity index (χ1) is 11.2. The van der Waals surface area contributed by atoms with E-state index in [1.807, 2.05) is 66.7 Å². The van der Waals surface area contributed by atoms with E-state index in [9.17, 15) is 4.79 Å². The lowest BCUT2D eigenvalue weighted by atomic mass is 10.1. The predicted molar refractivity (Wildman–Crippen MR) is 91.8 cm³/mol. The highest BCUT2D eigenvalue weighted by molar-refractivity contribution is 6.30. The number of hydrogen-bond donors (Lipinski definition) is 0. The van der Waals surface area contributed by atoms with Crippen LogP contribution in [0.3, 0.4) is 0 Å². The summed E-state index contributed by atoms with van der Waals surface area (Å²) in [5.74, 6) is 0.139. The Kier molecular flexibility index (Phi) is 5.11. The summed E-state index contributed by atoms with van der Waals surface area (Å²) in [5, 5.41) is 0.725. The zero-order valence-electron chi connectivity index (χ0n) is 12.7. The number of hydrogen-bond acceptors (Lipinski definition) is 2. The van der Waals surface area contributed by atoms with Gasteiger partial charge >= 0.3 is 0 Å². The Balaban J connectivity index is 1.48. The van der Waals surface area contributed by atoms with Crippen molar-refractivity contribution < 1.29 is 9.53 Å². The molecular formula is C19H18ClNO2. The molecule has 3 rings (SSSR count). The zero-order chi connectivity index (χ0) is 16.1. The van der Waals surface area contributed by atoms with E-state index in [0.717, 1.165) is 16.1 Å². The van der Waals surface area contributed by atoms with Gasteiger partial charge in [-0.05, 0) is 23.3 Å². The fourth-order valence-corrected chi connectivity index (χ4v) is 2.59. The van der Waals surface area contributed by atoms with Gasteiger partial charge in [0.05, 0.1) is 13.0 Å². The number of carbonyl (C=O) groups is 1. The quantitative estimate of drug-likeness (QED) is 0.747. The number of carbonyl (C=O) groups excluding carboxylic acids is 1. The highest BCUT2D eigenvalue weighted by Crippen LogP contribution is 2.23. The molecule has 0 N–H and O–H groups in total. The fourth-order valence-electron chi connectivity index (χ4n) is 2.47. The van der Waals surface area contributed by atoms with Gasteiger partial charge in [0.1, 0.15) is 6.23 Å². The highest BCUT2D eigenvalue weighted by atomic mass is 35.5. The number of benzene rings is 2. The number of likely N-dealkylation sites (tertiary alicyclic amines) is 1. The molecule has 0 bridgehead atoms. The molecule has 4 heteroatoms. The maximum atomic E-state index is 11.7. The standard InChI is InChI=1S/C19H18ClNO2/c20-17-10-8-15(9-11-17)7-4-12-23-19-13-18(22)21(19)14-16-5-2-1-3-6-16/h1-11,19H,12-14H2/b7-4+. The summed E-state index contributed by atoms with van der Waals surface area (Å²) in [7, 11) is 0. The topological polar surface area (TPSA) is 29.5 Å². The van der Waals surface area contributed by atoms with Crippen LogP contribution in [0.15, 0.2) is 60.7 Å². The second kappa shape index (κ2) is 7.44. The Morgan fingerprint density at radius 2 is 1.87 bits per heavy atom. The maximum absolute atomic E-state index is 11.7. The molecule has 1 aliphatic heterocycles. The van der Waals surface area contributed by atoms with Crippen molar-refractivity contribution in [1.82, 2.24) is 4.90 Å². The Morgan fingerprint density at radius 3 is 2.57 bits per heavy atom. The van der Waals surface area contributed by atoms with E-state index in [1.165, 1.54) is 0 Å². The molecule has 1 amide bonds. The summed E-state index contributed by atoms with van der Waals surface area (Å²) in [6.07, 6.45) is 4.27. The van der Waals surface area contributed by atoms with Crippen molar-refractivity contribution >= 4 is 23.6 Å². The average molecular weight is 328 g/mol. The van der Waals surface area contributed by atoms with Crippen molar-refractivity contribution in [3.05, 3.63) is 76.8 Å². The summed E-state index contributed by atoms with van der Waals surface area (Å²) in [6, 6.07) is 17.6. The van der Waals surface area contributed by atoms with Crippen molar-refractivity contribution in [2.45, 2.75) is 19.2 Å². The SMILES string of the molecule is O=C1CC(OC/C=C/c2ccc(Cl)cc2)N1Cc1ccccc1. The summed E-state index contributed by atoms with van der Waals surface area (Å²) in [4.78, 5) is 13.5. The molecule has 0 radical (unpaired) electrons. The van der Waals surface area contributed by atoms with Gasteiger partial charge < -0.3 is 9.64 Å². The van der Waals surface area contributed by atoms with Gasteiger partial charge in [-0.15, -0.1) is 0 Å². The Bertz CT molecular complexity index is 682.